The van der Waals surface area contributed by atoms with Crippen molar-refractivity contribution < 1.29 is 9.53 Å². The van der Waals surface area contributed by atoms with Crippen molar-refractivity contribution in [2.45, 2.75) is 26.4 Å². The lowest BCUT2D eigenvalue weighted by Gasteiger charge is -2.19. The Bertz CT molecular complexity index is 140. The summed E-state index contributed by atoms with van der Waals surface area (Å²) in [5.41, 5.74) is -0.423. The first-order chi connectivity index (χ1) is 5.45. The molecule has 0 saturated carbocycles. The highest BCUT2D eigenvalue weighted by atomic mass is 16.6. The molecule has 0 aliphatic carbocycles. The largest absolute Gasteiger partial charge is 0.444 e. The number of amides is 1. The van der Waals surface area contributed by atoms with Crippen LogP contribution in [0, 0.1) is 0 Å². The third-order valence-electron chi connectivity index (χ3n) is 1.00. The SMILES string of the molecule is C[N]CCNC(=O)OC(C)(C)C. The molecule has 4 nitrogen and oxygen atoms in total. The molecule has 1 amide bonds. The van der Waals surface area contributed by atoms with Crippen molar-refractivity contribution in [2.75, 3.05) is 20.1 Å². The van der Waals surface area contributed by atoms with E-state index in [1.165, 1.54) is 0 Å². The second-order valence-electron chi connectivity index (χ2n) is 3.47. The van der Waals surface area contributed by atoms with Gasteiger partial charge >= 0.3 is 6.09 Å². The molecule has 0 saturated heterocycles. The van der Waals surface area contributed by atoms with Crippen LogP contribution in [-0.2, 0) is 4.74 Å². The molecule has 4 heteroatoms. The smallest absolute Gasteiger partial charge is 0.407 e. The van der Waals surface area contributed by atoms with Crippen LogP contribution in [0.5, 0.6) is 0 Å². The molecule has 0 aliphatic rings. The van der Waals surface area contributed by atoms with Crippen LogP contribution in [0.3, 0.4) is 0 Å². The summed E-state index contributed by atoms with van der Waals surface area (Å²) in [6, 6.07) is 0. The van der Waals surface area contributed by atoms with Gasteiger partial charge in [-0.1, -0.05) is 0 Å². The maximum absolute atomic E-state index is 11.0. The van der Waals surface area contributed by atoms with Gasteiger partial charge in [-0.3, -0.25) is 0 Å². The van der Waals surface area contributed by atoms with E-state index >= 15 is 0 Å². The third-order valence-corrected chi connectivity index (χ3v) is 1.00. The Morgan fingerprint density at radius 2 is 2.08 bits per heavy atom. The fraction of sp³-hybridized carbons (Fsp3) is 0.875. The highest BCUT2D eigenvalue weighted by Crippen LogP contribution is 2.05. The number of alkyl carbamates (subject to hydrolysis) is 1. The second-order valence-corrected chi connectivity index (χ2v) is 3.47. The van der Waals surface area contributed by atoms with E-state index in [4.69, 9.17) is 4.74 Å². The fourth-order valence-electron chi connectivity index (χ4n) is 0.584. The van der Waals surface area contributed by atoms with Gasteiger partial charge in [-0.25, -0.2) is 10.1 Å². The minimum atomic E-state index is -0.423. The number of ether oxygens (including phenoxy) is 1. The Labute approximate surface area is 73.7 Å². The molecule has 1 N–H and O–H groups in total. The van der Waals surface area contributed by atoms with E-state index in [-0.39, 0.29) is 6.09 Å². The number of nitrogens with one attached hydrogen (secondary N) is 1. The summed E-state index contributed by atoms with van der Waals surface area (Å²) in [5.74, 6) is 0. The number of likely N-dealkylation sites (N-methyl/N-ethyl adjacent to an activating group) is 1. The van der Waals surface area contributed by atoms with E-state index in [1.807, 2.05) is 20.8 Å². The van der Waals surface area contributed by atoms with Gasteiger partial charge in [0.25, 0.3) is 0 Å². The molecule has 71 valence electrons. The lowest BCUT2D eigenvalue weighted by Crippen LogP contribution is -2.34. The summed E-state index contributed by atoms with van der Waals surface area (Å²) in [4.78, 5) is 11.0. The molecule has 0 rings (SSSR count). The van der Waals surface area contributed by atoms with Crippen LogP contribution < -0.4 is 10.6 Å². The molecule has 0 unspecified atom stereocenters. The highest BCUT2D eigenvalue weighted by Gasteiger charge is 2.15. The summed E-state index contributed by atoms with van der Waals surface area (Å²) in [7, 11) is 1.71. The molecular weight excluding hydrogens is 156 g/mol. The number of carbonyl (C=O) groups excluding carboxylic acids is 1. The minimum absolute atomic E-state index is 0.383. The average molecular weight is 173 g/mol. The topological polar surface area (TPSA) is 52.4 Å². The summed E-state index contributed by atoms with van der Waals surface area (Å²) < 4.78 is 4.99. The highest BCUT2D eigenvalue weighted by molar-refractivity contribution is 5.67. The fourth-order valence-corrected chi connectivity index (χ4v) is 0.584. The van der Waals surface area contributed by atoms with Gasteiger partial charge < -0.3 is 10.1 Å². The Morgan fingerprint density at radius 1 is 1.50 bits per heavy atom. The molecule has 0 aromatic carbocycles. The number of hydrogen-bond acceptors (Lipinski definition) is 2. The second kappa shape index (κ2) is 4.98. The van der Waals surface area contributed by atoms with Gasteiger partial charge in [0.05, 0.1) is 0 Å². The van der Waals surface area contributed by atoms with Crippen LogP contribution in [0.25, 0.3) is 0 Å². The Kier molecular flexibility index (Phi) is 4.66. The average Bonchev–Trinajstić information content (AvgIpc) is 1.84. The van der Waals surface area contributed by atoms with Crippen LogP contribution in [0.1, 0.15) is 20.8 Å². The molecule has 0 atom stereocenters. The lowest BCUT2D eigenvalue weighted by molar-refractivity contribution is 0.0528. The standard InChI is InChI=1S/C8H17N2O2/c1-8(2,3)12-7(11)10-6-5-9-4/h5-6H2,1-4H3,(H,10,11). The quantitative estimate of drug-likeness (QED) is 0.640. The molecule has 0 aromatic rings. The molecular formula is C8H17N2O2. The first-order valence-electron chi connectivity index (χ1n) is 3.98. The molecule has 12 heavy (non-hydrogen) atoms. The van der Waals surface area contributed by atoms with Crippen LogP contribution >= 0.6 is 0 Å². The zero-order valence-electron chi connectivity index (χ0n) is 8.18. The molecule has 0 aromatic heterocycles. The van der Waals surface area contributed by atoms with Crippen molar-refractivity contribution >= 4 is 6.09 Å². The van der Waals surface area contributed by atoms with Gasteiger partial charge in [-0.15, -0.1) is 0 Å². The van der Waals surface area contributed by atoms with Gasteiger partial charge in [0.15, 0.2) is 0 Å². The molecule has 0 heterocycles. The van der Waals surface area contributed by atoms with E-state index < -0.39 is 5.60 Å². The lowest BCUT2D eigenvalue weighted by atomic mass is 10.2. The van der Waals surface area contributed by atoms with Gasteiger partial charge in [0.1, 0.15) is 5.60 Å². The van der Waals surface area contributed by atoms with E-state index in [0.717, 1.165) is 0 Å². The molecule has 1 radical (unpaired) electrons. The Hall–Kier alpha value is -0.770. The zero-order valence-corrected chi connectivity index (χ0v) is 8.18. The van der Waals surface area contributed by atoms with Crippen molar-refractivity contribution in [2.24, 2.45) is 0 Å². The van der Waals surface area contributed by atoms with Crippen molar-refractivity contribution in [1.29, 1.82) is 0 Å². The molecule has 0 bridgehead atoms. The zero-order chi connectivity index (χ0) is 9.61. The summed E-state index contributed by atoms with van der Waals surface area (Å²) in [5, 5.41) is 6.42. The molecule has 0 fully saturated rings. The maximum atomic E-state index is 11.0. The normalized spacial score (nSPS) is 11.0. The van der Waals surface area contributed by atoms with E-state index in [2.05, 4.69) is 10.6 Å². The molecule has 0 spiro atoms. The number of rotatable bonds is 3. The summed E-state index contributed by atoms with van der Waals surface area (Å²) >= 11 is 0. The van der Waals surface area contributed by atoms with Gasteiger partial charge in [0, 0.05) is 20.1 Å². The Balaban J connectivity index is 3.47. The van der Waals surface area contributed by atoms with Crippen LogP contribution in [-0.4, -0.2) is 31.8 Å². The van der Waals surface area contributed by atoms with Crippen molar-refractivity contribution in [3.63, 3.8) is 0 Å². The summed E-state index contributed by atoms with van der Waals surface area (Å²) in [6.07, 6.45) is -0.383. The van der Waals surface area contributed by atoms with E-state index in [0.29, 0.717) is 13.1 Å². The van der Waals surface area contributed by atoms with Gasteiger partial charge in [0.2, 0.25) is 0 Å². The van der Waals surface area contributed by atoms with Gasteiger partial charge in [-0.05, 0) is 20.8 Å². The van der Waals surface area contributed by atoms with E-state index in [9.17, 15) is 4.79 Å². The predicted octanol–water partition coefficient (Wildman–Crippen LogP) is 0.745. The van der Waals surface area contributed by atoms with Crippen LogP contribution in [0.2, 0.25) is 0 Å². The minimum Gasteiger partial charge on any atom is -0.444 e. The van der Waals surface area contributed by atoms with Crippen LogP contribution in [0.15, 0.2) is 0 Å². The van der Waals surface area contributed by atoms with Crippen molar-refractivity contribution in [1.82, 2.24) is 10.6 Å². The van der Waals surface area contributed by atoms with Crippen LogP contribution in [0.4, 0.5) is 4.79 Å². The molecule has 0 aliphatic heterocycles. The van der Waals surface area contributed by atoms with E-state index in [1.54, 1.807) is 7.05 Å². The number of carbonyl (C=O) groups is 1. The number of nitrogens with zero attached hydrogens (tertiary/aromatic N) is 1. The maximum Gasteiger partial charge on any atom is 0.407 e. The monoisotopic (exact) mass is 173 g/mol. The number of hydrogen-bond donors (Lipinski definition) is 1. The Morgan fingerprint density at radius 3 is 2.50 bits per heavy atom. The van der Waals surface area contributed by atoms with Crippen molar-refractivity contribution in [3.05, 3.63) is 0 Å². The first-order valence-corrected chi connectivity index (χ1v) is 3.98. The van der Waals surface area contributed by atoms with Gasteiger partial charge in [-0.2, -0.15) is 0 Å². The predicted molar refractivity (Wildman–Crippen MR) is 47.2 cm³/mol. The van der Waals surface area contributed by atoms with Crippen molar-refractivity contribution in [3.8, 4) is 0 Å². The summed E-state index contributed by atoms with van der Waals surface area (Å²) in [6.45, 7) is 6.65. The first kappa shape index (κ1) is 11.2. The third kappa shape index (κ3) is 7.34.